The number of aliphatic carboxylic acids is 1. The van der Waals surface area contributed by atoms with Crippen molar-refractivity contribution in [2.45, 2.75) is 18.1 Å². The lowest BCUT2D eigenvalue weighted by atomic mass is 10.2. The molecule has 0 aromatic heterocycles. The van der Waals surface area contributed by atoms with Gasteiger partial charge in [-0.3, -0.25) is 4.72 Å². The first-order valence-electron chi connectivity index (χ1n) is 5.50. The quantitative estimate of drug-likeness (QED) is 0.795. The summed E-state index contributed by atoms with van der Waals surface area (Å²) in [5, 5.41) is 8.21. The molecule has 0 bridgehead atoms. The molecule has 0 saturated heterocycles. The number of nitrogens with one attached hydrogen (secondary N) is 1. The summed E-state index contributed by atoms with van der Waals surface area (Å²) in [5.74, 6) is -1.02. The smallest absolute Gasteiger partial charge is 0.328 e. The highest BCUT2D eigenvalue weighted by Gasteiger charge is 2.35. The van der Waals surface area contributed by atoms with E-state index in [1.165, 1.54) is 6.08 Å². The molecule has 0 heterocycles. The molecule has 1 aromatic carbocycles. The van der Waals surface area contributed by atoms with E-state index in [0.29, 0.717) is 11.3 Å². The fraction of sp³-hybridized carbons (Fsp3) is 0.250. The maximum Gasteiger partial charge on any atom is 0.328 e. The Morgan fingerprint density at radius 2 is 1.89 bits per heavy atom. The number of carboxylic acid groups (broad SMARTS) is 1. The molecule has 1 fully saturated rings. The van der Waals surface area contributed by atoms with Crippen molar-refractivity contribution in [1.82, 2.24) is 0 Å². The minimum Gasteiger partial charge on any atom is -0.478 e. The maximum atomic E-state index is 11.7. The predicted octanol–water partition coefficient (Wildman–Crippen LogP) is 1.69. The number of rotatable bonds is 5. The fourth-order valence-electron chi connectivity index (χ4n) is 1.46. The highest BCUT2D eigenvalue weighted by Crippen LogP contribution is 2.29. The van der Waals surface area contributed by atoms with Crippen molar-refractivity contribution in [2.75, 3.05) is 4.72 Å². The van der Waals surface area contributed by atoms with E-state index < -0.39 is 16.0 Å². The van der Waals surface area contributed by atoms with Gasteiger partial charge in [-0.1, -0.05) is 12.1 Å². The van der Waals surface area contributed by atoms with Crippen molar-refractivity contribution in [3.8, 4) is 0 Å². The monoisotopic (exact) mass is 267 g/mol. The second-order valence-corrected chi connectivity index (χ2v) is 6.10. The molecule has 0 amide bonds. The van der Waals surface area contributed by atoms with E-state index in [1.807, 2.05) is 0 Å². The van der Waals surface area contributed by atoms with Crippen LogP contribution in [0.4, 0.5) is 5.69 Å². The van der Waals surface area contributed by atoms with Gasteiger partial charge in [0.2, 0.25) is 10.0 Å². The summed E-state index contributed by atoms with van der Waals surface area (Å²) in [7, 11) is -3.24. The third-order valence-corrected chi connectivity index (χ3v) is 4.42. The predicted molar refractivity (Wildman–Crippen MR) is 68.7 cm³/mol. The molecular formula is C12H13NO4S. The standard InChI is InChI=1S/C12H13NO4S/c14-12(15)8-3-9-1-4-10(5-2-9)13-18(16,17)11-6-7-11/h1-5,8,11,13H,6-7H2,(H,14,15). The van der Waals surface area contributed by atoms with Crippen LogP contribution < -0.4 is 4.72 Å². The van der Waals surface area contributed by atoms with E-state index in [-0.39, 0.29) is 5.25 Å². The number of carboxylic acids is 1. The molecule has 96 valence electrons. The fourth-order valence-corrected chi connectivity index (χ4v) is 2.84. The molecular weight excluding hydrogens is 254 g/mol. The maximum absolute atomic E-state index is 11.7. The first-order chi connectivity index (χ1) is 8.47. The third-order valence-electron chi connectivity index (χ3n) is 2.55. The Labute approximate surface area is 105 Å². The van der Waals surface area contributed by atoms with Gasteiger partial charge in [0.05, 0.1) is 5.25 Å². The van der Waals surface area contributed by atoms with Gasteiger partial charge in [0.1, 0.15) is 0 Å². The zero-order valence-corrected chi connectivity index (χ0v) is 10.4. The average molecular weight is 267 g/mol. The van der Waals surface area contributed by atoms with Crippen LogP contribution in [0, 0.1) is 0 Å². The molecule has 5 nitrogen and oxygen atoms in total. The molecule has 2 rings (SSSR count). The van der Waals surface area contributed by atoms with Crippen LogP contribution in [0.3, 0.4) is 0 Å². The van der Waals surface area contributed by atoms with E-state index in [0.717, 1.165) is 18.9 Å². The highest BCUT2D eigenvalue weighted by molar-refractivity contribution is 7.93. The molecule has 1 aromatic rings. The van der Waals surface area contributed by atoms with Gasteiger partial charge in [-0.15, -0.1) is 0 Å². The number of anilines is 1. The Bertz CT molecular complexity index is 571. The van der Waals surface area contributed by atoms with E-state index in [2.05, 4.69) is 4.72 Å². The van der Waals surface area contributed by atoms with E-state index in [4.69, 9.17) is 5.11 Å². The van der Waals surface area contributed by atoms with Crippen LogP contribution in [0.15, 0.2) is 30.3 Å². The summed E-state index contributed by atoms with van der Waals surface area (Å²) in [6.07, 6.45) is 3.91. The lowest BCUT2D eigenvalue weighted by Crippen LogP contribution is -2.17. The summed E-state index contributed by atoms with van der Waals surface area (Å²) in [6, 6.07) is 6.54. The van der Waals surface area contributed by atoms with Gasteiger partial charge in [0.25, 0.3) is 0 Å². The van der Waals surface area contributed by atoms with Gasteiger partial charge in [0.15, 0.2) is 0 Å². The summed E-state index contributed by atoms with van der Waals surface area (Å²) in [4.78, 5) is 10.3. The van der Waals surface area contributed by atoms with E-state index in [1.54, 1.807) is 24.3 Å². The lowest BCUT2D eigenvalue weighted by Gasteiger charge is -2.06. The highest BCUT2D eigenvalue weighted by atomic mass is 32.2. The topological polar surface area (TPSA) is 83.5 Å². The molecule has 0 unspecified atom stereocenters. The lowest BCUT2D eigenvalue weighted by molar-refractivity contribution is -0.131. The molecule has 1 aliphatic rings. The van der Waals surface area contributed by atoms with Gasteiger partial charge in [0, 0.05) is 11.8 Å². The van der Waals surface area contributed by atoms with Gasteiger partial charge in [-0.2, -0.15) is 0 Å². The van der Waals surface area contributed by atoms with Crippen LogP contribution in [0.25, 0.3) is 6.08 Å². The number of sulfonamides is 1. The molecule has 18 heavy (non-hydrogen) atoms. The van der Waals surface area contributed by atoms with E-state index >= 15 is 0 Å². The Morgan fingerprint density at radius 1 is 1.28 bits per heavy atom. The van der Waals surface area contributed by atoms with Crippen LogP contribution >= 0.6 is 0 Å². The van der Waals surface area contributed by atoms with Gasteiger partial charge in [-0.25, -0.2) is 13.2 Å². The largest absolute Gasteiger partial charge is 0.478 e. The SMILES string of the molecule is O=C(O)C=Cc1ccc(NS(=O)(=O)C2CC2)cc1. The van der Waals surface area contributed by atoms with Crippen molar-refractivity contribution < 1.29 is 18.3 Å². The number of hydrogen-bond acceptors (Lipinski definition) is 3. The van der Waals surface area contributed by atoms with Crippen LogP contribution in [-0.2, 0) is 14.8 Å². The summed E-state index contributed by atoms with van der Waals surface area (Å²) < 4.78 is 25.8. The number of benzene rings is 1. The molecule has 1 saturated carbocycles. The van der Waals surface area contributed by atoms with Crippen LogP contribution in [0.5, 0.6) is 0 Å². The van der Waals surface area contributed by atoms with Crippen molar-refractivity contribution in [3.05, 3.63) is 35.9 Å². The minimum atomic E-state index is -3.24. The van der Waals surface area contributed by atoms with Gasteiger partial charge in [-0.05, 0) is 36.6 Å². The number of hydrogen-bond donors (Lipinski definition) is 2. The average Bonchev–Trinajstić information content (AvgIpc) is 3.11. The molecule has 0 radical (unpaired) electrons. The van der Waals surface area contributed by atoms with Crippen LogP contribution in [-0.4, -0.2) is 24.7 Å². The zero-order chi connectivity index (χ0) is 13.2. The molecule has 0 spiro atoms. The Hall–Kier alpha value is -1.82. The van der Waals surface area contributed by atoms with Gasteiger partial charge < -0.3 is 5.11 Å². The second-order valence-electron chi connectivity index (χ2n) is 4.14. The van der Waals surface area contributed by atoms with Crippen LogP contribution in [0.1, 0.15) is 18.4 Å². The molecule has 1 aliphatic carbocycles. The summed E-state index contributed by atoms with van der Waals surface area (Å²) in [5.41, 5.74) is 1.20. The molecule has 2 N–H and O–H groups in total. The van der Waals surface area contributed by atoms with Crippen molar-refractivity contribution >= 4 is 27.8 Å². The van der Waals surface area contributed by atoms with Crippen molar-refractivity contribution in [1.29, 1.82) is 0 Å². The Kier molecular flexibility index (Phi) is 3.38. The first kappa shape index (κ1) is 12.6. The second kappa shape index (κ2) is 4.81. The molecule has 0 atom stereocenters. The van der Waals surface area contributed by atoms with Crippen molar-refractivity contribution in [2.24, 2.45) is 0 Å². The van der Waals surface area contributed by atoms with Gasteiger partial charge >= 0.3 is 5.97 Å². The first-order valence-corrected chi connectivity index (χ1v) is 7.05. The van der Waals surface area contributed by atoms with Crippen LogP contribution in [0.2, 0.25) is 0 Å². The minimum absolute atomic E-state index is 0.260. The zero-order valence-electron chi connectivity index (χ0n) is 9.54. The number of carbonyl (C=O) groups is 1. The molecule has 6 heteroatoms. The Morgan fingerprint density at radius 3 is 2.39 bits per heavy atom. The Balaban J connectivity index is 2.06. The van der Waals surface area contributed by atoms with E-state index in [9.17, 15) is 13.2 Å². The normalized spacial score (nSPS) is 15.8. The van der Waals surface area contributed by atoms with Crippen molar-refractivity contribution in [3.63, 3.8) is 0 Å². The summed E-state index contributed by atoms with van der Waals surface area (Å²) in [6.45, 7) is 0. The summed E-state index contributed by atoms with van der Waals surface area (Å²) >= 11 is 0. The third kappa shape index (κ3) is 3.33. The molecule has 0 aliphatic heterocycles.